The van der Waals surface area contributed by atoms with Crippen molar-refractivity contribution in [2.45, 2.75) is 33.7 Å². The van der Waals surface area contributed by atoms with Crippen molar-refractivity contribution >= 4 is 17.3 Å². The van der Waals surface area contributed by atoms with Gasteiger partial charge in [0, 0.05) is 6.54 Å². The molecule has 0 atom stereocenters. The summed E-state index contributed by atoms with van der Waals surface area (Å²) in [5.41, 5.74) is 0.536. The fraction of sp³-hybridized carbons (Fsp3) is 0.538. The summed E-state index contributed by atoms with van der Waals surface area (Å²) in [5, 5.41) is 7.36. The highest BCUT2D eigenvalue weighted by molar-refractivity contribution is 6.32. The molecular weight excluding hydrogens is 250 g/mol. The Morgan fingerprint density at radius 1 is 1.56 bits per heavy atom. The molecule has 4 nitrogen and oxygen atoms in total. The highest BCUT2D eigenvalue weighted by Gasteiger charge is 2.11. The molecule has 0 radical (unpaired) electrons. The van der Waals surface area contributed by atoms with E-state index in [0.717, 1.165) is 13.0 Å². The van der Waals surface area contributed by atoms with Crippen LogP contribution in [0.2, 0.25) is 5.02 Å². The Labute approximate surface area is 113 Å². The van der Waals surface area contributed by atoms with Crippen LogP contribution in [0.15, 0.2) is 23.6 Å². The quantitative estimate of drug-likeness (QED) is 0.836. The highest BCUT2D eigenvalue weighted by atomic mass is 35.5. The summed E-state index contributed by atoms with van der Waals surface area (Å²) in [6, 6.07) is 0. The zero-order valence-electron chi connectivity index (χ0n) is 11.2. The summed E-state index contributed by atoms with van der Waals surface area (Å²) < 4.78 is 1.28. The van der Waals surface area contributed by atoms with Gasteiger partial charge in [0.05, 0.1) is 18.4 Å². The largest absolute Gasteiger partial charge is 0.382 e. The predicted molar refractivity (Wildman–Crippen MR) is 76.3 cm³/mol. The van der Waals surface area contributed by atoms with Crippen molar-refractivity contribution in [2.75, 3.05) is 11.9 Å². The van der Waals surface area contributed by atoms with Crippen LogP contribution in [0.4, 0.5) is 5.69 Å². The molecule has 0 fully saturated rings. The van der Waals surface area contributed by atoms with Crippen LogP contribution < -0.4 is 10.9 Å². The zero-order chi connectivity index (χ0) is 13.8. The van der Waals surface area contributed by atoms with Crippen LogP contribution in [0, 0.1) is 5.41 Å². The molecule has 0 spiro atoms. The van der Waals surface area contributed by atoms with Gasteiger partial charge >= 0.3 is 0 Å². The Morgan fingerprint density at radius 2 is 2.22 bits per heavy atom. The van der Waals surface area contributed by atoms with Crippen LogP contribution in [0.1, 0.15) is 27.2 Å². The molecule has 0 saturated heterocycles. The lowest BCUT2D eigenvalue weighted by Crippen LogP contribution is -2.24. The highest BCUT2D eigenvalue weighted by Crippen LogP contribution is 2.20. The number of anilines is 1. The van der Waals surface area contributed by atoms with Crippen LogP contribution in [-0.2, 0) is 6.54 Å². The van der Waals surface area contributed by atoms with Crippen molar-refractivity contribution < 1.29 is 0 Å². The maximum Gasteiger partial charge on any atom is 0.287 e. The lowest BCUT2D eigenvalue weighted by atomic mass is 9.92. The maximum absolute atomic E-state index is 11.8. The fourth-order valence-corrected chi connectivity index (χ4v) is 1.63. The first kappa shape index (κ1) is 14.8. The standard InChI is InChI=1S/C13H20ClN3O/c1-5-8-17-12(18)11(14)10(9-16-17)15-7-6-13(2,3)4/h5,9,15H,1,6-8H2,2-4H3. The molecule has 5 heteroatoms. The minimum atomic E-state index is -0.294. The average molecular weight is 270 g/mol. The molecule has 1 aromatic rings. The summed E-state index contributed by atoms with van der Waals surface area (Å²) in [4.78, 5) is 11.8. The van der Waals surface area contributed by atoms with Crippen LogP contribution in [-0.4, -0.2) is 16.3 Å². The van der Waals surface area contributed by atoms with E-state index >= 15 is 0 Å². The second-order valence-corrected chi connectivity index (χ2v) is 5.76. The fourth-order valence-electron chi connectivity index (χ4n) is 1.41. The minimum Gasteiger partial charge on any atom is -0.382 e. The van der Waals surface area contributed by atoms with Gasteiger partial charge in [-0.2, -0.15) is 5.10 Å². The molecule has 0 unspecified atom stereocenters. The number of aromatic nitrogens is 2. The summed E-state index contributed by atoms with van der Waals surface area (Å²) in [5.74, 6) is 0. The first-order valence-corrected chi connectivity index (χ1v) is 6.33. The van der Waals surface area contributed by atoms with Gasteiger partial charge in [0.15, 0.2) is 0 Å². The Balaban J connectivity index is 2.77. The van der Waals surface area contributed by atoms with E-state index in [1.807, 2.05) is 0 Å². The first-order valence-electron chi connectivity index (χ1n) is 5.95. The van der Waals surface area contributed by atoms with Gasteiger partial charge in [0.2, 0.25) is 0 Å². The number of hydrogen-bond acceptors (Lipinski definition) is 3. The minimum absolute atomic E-state index is 0.181. The zero-order valence-corrected chi connectivity index (χ0v) is 11.9. The van der Waals surface area contributed by atoms with E-state index in [1.165, 1.54) is 4.68 Å². The van der Waals surface area contributed by atoms with E-state index in [-0.39, 0.29) is 16.0 Å². The molecule has 0 amide bonds. The third-order valence-corrected chi connectivity index (χ3v) is 2.84. The van der Waals surface area contributed by atoms with Crippen LogP contribution in [0.25, 0.3) is 0 Å². The molecule has 18 heavy (non-hydrogen) atoms. The van der Waals surface area contributed by atoms with Crippen LogP contribution >= 0.6 is 11.6 Å². The van der Waals surface area contributed by atoms with E-state index in [2.05, 4.69) is 37.8 Å². The molecular formula is C13H20ClN3O. The summed E-state index contributed by atoms with van der Waals surface area (Å²) in [6.45, 7) is 11.2. The number of allylic oxidation sites excluding steroid dienone is 1. The van der Waals surface area contributed by atoms with E-state index in [9.17, 15) is 4.79 Å². The Morgan fingerprint density at radius 3 is 2.78 bits per heavy atom. The number of hydrogen-bond donors (Lipinski definition) is 1. The normalized spacial score (nSPS) is 11.3. The van der Waals surface area contributed by atoms with Crippen molar-refractivity contribution in [1.29, 1.82) is 0 Å². The van der Waals surface area contributed by atoms with Gasteiger partial charge in [-0.25, -0.2) is 4.68 Å². The summed E-state index contributed by atoms with van der Waals surface area (Å²) in [7, 11) is 0. The number of nitrogens with zero attached hydrogens (tertiary/aromatic N) is 2. The molecule has 0 aliphatic rings. The molecule has 0 bridgehead atoms. The van der Waals surface area contributed by atoms with Gasteiger partial charge in [0.25, 0.3) is 5.56 Å². The number of halogens is 1. The van der Waals surface area contributed by atoms with Gasteiger partial charge in [-0.1, -0.05) is 38.4 Å². The van der Waals surface area contributed by atoms with Crippen molar-refractivity contribution in [2.24, 2.45) is 5.41 Å². The monoisotopic (exact) mass is 269 g/mol. The molecule has 1 heterocycles. The molecule has 1 aromatic heterocycles. The van der Waals surface area contributed by atoms with Gasteiger partial charge in [-0.15, -0.1) is 6.58 Å². The average Bonchev–Trinajstić information content (AvgIpc) is 2.27. The van der Waals surface area contributed by atoms with Crippen molar-refractivity contribution in [3.63, 3.8) is 0 Å². The molecule has 100 valence electrons. The predicted octanol–water partition coefficient (Wildman–Crippen LogP) is 2.93. The Bertz CT molecular complexity index is 474. The lowest BCUT2D eigenvalue weighted by Gasteiger charge is -2.18. The second kappa shape index (κ2) is 6.05. The number of nitrogens with one attached hydrogen (secondary N) is 1. The smallest absolute Gasteiger partial charge is 0.287 e. The summed E-state index contributed by atoms with van der Waals surface area (Å²) in [6.07, 6.45) is 4.17. The van der Waals surface area contributed by atoms with Gasteiger partial charge in [-0.3, -0.25) is 4.79 Å². The van der Waals surface area contributed by atoms with Gasteiger partial charge < -0.3 is 5.32 Å². The third-order valence-electron chi connectivity index (χ3n) is 2.48. The van der Waals surface area contributed by atoms with Crippen LogP contribution in [0.5, 0.6) is 0 Å². The number of rotatable bonds is 5. The van der Waals surface area contributed by atoms with E-state index in [0.29, 0.717) is 12.2 Å². The molecule has 0 aromatic carbocycles. The Hall–Kier alpha value is -1.29. The topological polar surface area (TPSA) is 46.9 Å². The van der Waals surface area contributed by atoms with Gasteiger partial charge in [0.1, 0.15) is 5.02 Å². The Kier molecular flexibility index (Phi) is 4.96. The lowest BCUT2D eigenvalue weighted by molar-refractivity contribution is 0.389. The van der Waals surface area contributed by atoms with Crippen molar-refractivity contribution in [3.05, 3.63) is 34.2 Å². The van der Waals surface area contributed by atoms with E-state index in [1.54, 1.807) is 12.3 Å². The second-order valence-electron chi connectivity index (χ2n) is 5.39. The summed E-state index contributed by atoms with van der Waals surface area (Å²) >= 11 is 6.01. The molecule has 0 saturated carbocycles. The van der Waals surface area contributed by atoms with Gasteiger partial charge in [-0.05, 0) is 11.8 Å². The van der Waals surface area contributed by atoms with Crippen molar-refractivity contribution in [1.82, 2.24) is 9.78 Å². The van der Waals surface area contributed by atoms with E-state index in [4.69, 9.17) is 11.6 Å². The first-order chi connectivity index (χ1) is 8.35. The van der Waals surface area contributed by atoms with Crippen LogP contribution in [0.3, 0.4) is 0 Å². The molecule has 0 aliphatic heterocycles. The molecule has 1 rings (SSSR count). The van der Waals surface area contributed by atoms with Crippen molar-refractivity contribution in [3.8, 4) is 0 Å². The van der Waals surface area contributed by atoms with E-state index < -0.39 is 0 Å². The molecule has 1 N–H and O–H groups in total. The molecule has 0 aliphatic carbocycles. The SMILES string of the molecule is C=CCn1ncc(NCCC(C)(C)C)c(Cl)c1=O. The maximum atomic E-state index is 11.8. The third kappa shape index (κ3) is 4.18.